The number of amides is 3. The van der Waals surface area contributed by atoms with Gasteiger partial charge in [-0.05, 0) is 18.6 Å². The van der Waals surface area contributed by atoms with Crippen molar-refractivity contribution in [1.82, 2.24) is 44.0 Å². The molecule has 0 radical (unpaired) electrons. The Bertz CT molecular complexity index is 1710. The number of carboxylic acids is 1. The standard InChI is InChI=1S/C18H22N8O3.C9H11N3O3/c1-23(2)18-21-14-5-4-12(11-26(14)22-18)20-16(27)15-13(10-19-24(15)3)17(28)25-6-8-29-9-7-25;1-11-7(9(14)15)6(5-10-11)8(13)12-3-2-4-12/h4-5,10-11H,6-9H2,1-3H3,(H,20,27);5H,2-4H2,1H3,(H,14,15). The van der Waals surface area contributed by atoms with E-state index in [2.05, 4.69) is 25.6 Å². The lowest BCUT2D eigenvalue weighted by Gasteiger charge is -2.30. The number of hydrogen-bond acceptors (Lipinski definition) is 10. The number of fused-ring (bicyclic) bond motifs is 1. The lowest BCUT2D eigenvalue weighted by atomic mass is 10.1. The van der Waals surface area contributed by atoms with Gasteiger partial charge in [0.25, 0.3) is 17.7 Å². The van der Waals surface area contributed by atoms with E-state index < -0.39 is 11.9 Å². The second-order valence-electron chi connectivity index (χ2n) is 10.4. The molecule has 3 amide bonds. The zero-order valence-corrected chi connectivity index (χ0v) is 24.8. The topological polar surface area (TPSA) is 185 Å². The fourth-order valence-electron chi connectivity index (χ4n) is 4.66. The summed E-state index contributed by atoms with van der Waals surface area (Å²) in [7, 11) is 6.85. The molecule has 44 heavy (non-hydrogen) atoms. The highest BCUT2D eigenvalue weighted by molar-refractivity contribution is 6.11. The number of carboxylic acid groups (broad SMARTS) is 1. The molecule has 0 aliphatic carbocycles. The molecule has 4 aromatic rings. The van der Waals surface area contributed by atoms with Crippen LogP contribution in [0.15, 0.2) is 30.7 Å². The van der Waals surface area contributed by atoms with Crippen molar-refractivity contribution in [1.29, 1.82) is 0 Å². The van der Waals surface area contributed by atoms with Crippen molar-refractivity contribution in [2.75, 3.05) is 63.7 Å². The second kappa shape index (κ2) is 12.5. The first-order valence-electron chi connectivity index (χ1n) is 13.8. The van der Waals surface area contributed by atoms with Gasteiger partial charge in [-0.25, -0.2) is 9.31 Å². The van der Waals surface area contributed by atoms with Crippen molar-refractivity contribution in [2.24, 2.45) is 14.1 Å². The minimum absolute atomic E-state index is 0.0492. The molecule has 2 aliphatic rings. The van der Waals surface area contributed by atoms with Crippen LogP contribution in [0, 0.1) is 0 Å². The summed E-state index contributed by atoms with van der Waals surface area (Å²) in [5, 5.41) is 24.0. The van der Waals surface area contributed by atoms with E-state index in [9.17, 15) is 19.2 Å². The third kappa shape index (κ3) is 6.07. The van der Waals surface area contributed by atoms with Crippen molar-refractivity contribution >= 4 is 41.0 Å². The van der Waals surface area contributed by atoms with Gasteiger partial charge in [0.2, 0.25) is 5.95 Å². The van der Waals surface area contributed by atoms with Crippen LogP contribution in [0.25, 0.3) is 5.65 Å². The van der Waals surface area contributed by atoms with Crippen LogP contribution in [0.3, 0.4) is 0 Å². The van der Waals surface area contributed by atoms with E-state index in [1.807, 2.05) is 14.1 Å². The first-order valence-corrected chi connectivity index (χ1v) is 13.8. The van der Waals surface area contributed by atoms with Gasteiger partial charge >= 0.3 is 5.97 Å². The highest BCUT2D eigenvalue weighted by Crippen LogP contribution is 2.18. The number of rotatable bonds is 6. The number of pyridine rings is 1. The molecule has 6 heterocycles. The SMILES string of the molecule is CN(C)c1nc2ccc(NC(=O)c3c(C(=O)N4CCOCC4)cnn3C)cn2n1.Cn1ncc(C(=O)N2CCC2)c1C(=O)O. The Morgan fingerprint density at radius 3 is 2.05 bits per heavy atom. The summed E-state index contributed by atoms with van der Waals surface area (Å²) in [6.07, 6.45) is 5.39. The number of carbonyl (C=O) groups is 4. The highest BCUT2D eigenvalue weighted by Gasteiger charge is 2.29. The number of carbonyl (C=O) groups excluding carboxylic acids is 3. The van der Waals surface area contributed by atoms with Crippen LogP contribution in [0.4, 0.5) is 11.6 Å². The fourth-order valence-corrected chi connectivity index (χ4v) is 4.66. The number of nitrogens with zero attached hydrogens (tertiary/aromatic N) is 10. The Morgan fingerprint density at radius 1 is 0.886 bits per heavy atom. The summed E-state index contributed by atoms with van der Waals surface area (Å²) < 4.78 is 9.49. The number of nitrogens with one attached hydrogen (secondary N) is 1. The van der Waals surface area contributed by atoms with E-state index in [1.165, 1.54) is 28.8 Å². The van der Waals surface area contributed by atoms with Crippen LogP contribution >= 0.6 is 0 Å². The monoisotopic (exact) mass is 607 g/mol. The minimum atomic E-state index is -1.13. The van der Waals surface area contributed by atoms with Crippen LogP contribution in [0.1, 0.15) is 48.1 Å². The van der Waals surface area contributed by atoms with Crippen molar-refractivity contribution in [3.63, 3.8) is 0 Å². The molecule has 2 saturated heterocycles. The molecule has 2 aliphatic heterocycles. The number of anilines is 2. The van der Waals surface area contributed by atoms with Gasteiger partial charge < -0.3 is 29.9 Å². The molecule has 0 aromatic carbocycles. The summed E-state index contributed by atoms with van der Waals surface area (Å²) in [6, 6.07) is 3.50. The fraction of sp³-hybridized carbons (Fsp3) is 0.407. The molecule has 0 atom stereocenters. The van der Waals surface area contributed by atoms with E-state index in [1.54, 1.807) is 44.6 Å². The number of likely N-dealkylation sites (tertiary alicyclic amines) is 1. The molecule has 6 rings (SSSR count). The third-order valence-corrected chi connectivity index (χ3v) is 7.18. The predicted molar refractivity (Wildman–Crippen MR) is 156 cm³/mol. The number of aromatic nitrogens is 7. The molecule has 232 valence electrons. The van der Waals surface area contributed by atoms with E-state index in [4.69, 9.17) is 9.84 Å². The Hall–Kier alpha value is -5.32. The van der Waals surface area contributed by atoms with Crippen molar-refractivity contribution in [3.05, 3.63) is 53.2 Å². The lowest BCUT2D eigenvalue weighted by Crippen LogP contribution is -2.42. The Balaban J connectivity index is 0.000000215. The van der Waals surface area contributed by atoms with Gasteiger partial charge in [-0.2, -0.15) is 15.2 Å². The summed E-state index contributed by atoms with van der Waals surface area (Å²) in [6.45, 7) is 3.36. The zero-order valence-electron chi connectivity index (χ0n) is 24.8. The summed E-state index contributed by atoms with van der Waals surface area (Å²) >= 11 is 0. The molecule has 17 nitrogen and oxygen atoms in total. The van der Waals surface area contributed by atoms with Crippen LogP contribution in [-0.4, -0.2) is 126 Å². The molecular formula is C27H33N11O6. The maximum absolute atomic E-state index is 12.9. The van der Waals surface area contributed by atoms with Crippen LogP contribution in [0.5, 0.6) is 0 Å². The number of morpholine rings is 1. The number of aromatic carboxylic acids is 1. The molecule has 0 unspecified atom stereocenters. The van der Waals surface area contributed by atoms with Crippen LogP contribution in [0.2, 0.25) is 0 Å². The normalized spacial score (nSPS) is 14.5. The molecule has 17 heteroatoms. The Labute approximate surface area is 251 Å². The van der Waals surface area contributed by atoms with E-state index in [-0.39, 0.29) is 34.3 Å². The quantitative estimate of drug-likeness (QED) is 0.305. The largest absolute Gasteiger partial charge is 0.477 e. The van der Waals surface area contributed by atoms with E-state index in [0.717, 1.165) is 6.42 Å². The Kier molecular flexibility index (Phi) is 8.57. The Morgan fingerprint density at radius 2 is 1.48 bits per heavy atom. The van der Waals surface area contributed by atoms with Crippen molar-refractivity contribution in [3.8, 4) is 0 Å². The predicted octanol–water partition coefficient (Wildman–Crippen LogP) is 0.218. The highest BCUT2D eigenvalue weighted by atomic mass is 16.5. The van der Waals surface area contributed by atoms with E-state index in [0.29, 0.717) is 56.7 Å². The van der Waals surface area contributed by atoms with Gasteiger partial charge in [-0.15, -0.1) is 5.10 Å². The van der Waals surface area contributed by atoms with Crippen molar-refractivity contribution < 1.29 is 29.0 Å². The van der Waals surface area contributed by atoms with Crippen LogP contribution in [-0.2, 0) is 18.8 Å². The molecule has 0 bridgehead atoms. The summed E-state index contributed by atoms with van der Waals surface area (Å²) in [4.78, 5) is 57.9. The molecule has 2 fully saturated rings. The first-order chi connectivity index (χ1) is 21.0. The maximum Gasteiger partial charge on any atom is 0.354 e. The van der Waals surface area contributed by atoms with Gasteiger partial charge in [-0.1, -0.05) is 0 Å². The number of hydrogen-bond donors (Lipinski definition) is 2. The minimum Gasteiger partial charge on any atom is -0.477 e. The molecular weight excluding hydrogens is 574 g/mol. The van der Waals surface area contributed by atoms with Crippen LogP contribution < -0.4 is 10.2 Å². The average Bonchev–Trinajstić information content (AvgIpc) is 3.68. The van der Waals surface area contributed by atoms with Crippen molar-refractivity contribution in [2.45, 2.75) is 6.42 Å². The second-order valence-corrected chi connectivity index (χ2v) is 10.4. The number of aryl methyl sites for hydroxylation is 2. The summed E-state index contributed by atoms with van der Waals surface area (Å²) in [5.74, 6) is -1.45. The zero-order chi connectivity index (χ0) is 31.5. The molecule has 0 spiro atoms. The molecule has 4 aromatic heterocycles. The van der Waals surface area contributed by atoms with Gasteiger partial charge in [0.1, 0.15) is 5.69 Å². The maximum atomic E-state index is 12.9. The average molecular weight is 608 g/mol. The smallest absolute Gasteiger partial charge is 0.354 e. The number of ether oxygens (including phenoxy) is 1. The van der Waals surface area contributed by atoms with E-state index >= 15 is 0 Å². The first kappa shape index (κ1) is 30.1. The van der Waals surface area contributed by atoms with Gasteiger partial charge in [0.15, 0.2) is 11.3 Å². The summed E-state index contributed by atoms with van der Waals surface area (Å²) in [5.41, 5.74) is 1.79. The third-order valence-electron chi connectivity index (χ3n) is 7.18. The molecule has 0 saturated carbocycles. The van der Waals surface area contributed by atoms with Gasteiger partial charge in [0.05, 0.1) is 48.6 Å². The molecule has 2 N–H and O–H groups in total. The van der Waals surface area contributed by atoms with Gasteiger partial charge in [-0.3, -0.25) is 23.7 Å². The van der Waals surface area contributed by atoms with Gasteiger partial charge in [0, 0.05) is 54.4 Å². The lowest BCUT2D eigenvalue weighted by molar-refractivity contribution is 0.0301.